The van der Waals surface area contributed by atoms with E-state index in [9.17, 15) is 0 Å². The molecule has 0 amide bonds. The quantitative estimate of drug-likeness (QED) is 0.812. The third-order valence-corrected chi connectivity index (χ3v) is 4.18. The largest absolute Gasteiger partial charge is 0.313 e. The first-order valence-electron chi connectivity index (χ1n) is 6.59. The van der Waals surface area contributed by atoms with Crippen LogP contribution in [0.5, 0.6) is 0 Å². The number of hydrogen-bond donors (Lipinski definition) is 1. The summed E-state index contributed by atoms with van der Waals surface area (Å²) in [6.07, 6.45) is 2.87. The molecule has 0 aliphatic rings. The second-order valence-electron chi connectivity index (χ2n) is 4.50. The Bertz CT molecular complexity index is 482. The molecule has 0 radical (unpaired) electrons. The third kappa shape index (κ3) is 4.37. The number of hydrogen-bond acceptors (Lipinski definition) is 3. The van der Waals surface area contributed by atoms with Gasteiger partial charge in [-0.1, -0.05) is 18.2 Å². The van der Waals surface area contributed by atoms with Crippen LogP contribution in [-0.4, -0.2) is 17.8 Å². The van der Waals surface area contributed by atoms with Crippen molar-refractivity contribution in [3.63, 3.8) is 0 Å². The lowest BCUT2D eigenvalue weighted by Crippen LogP contribution is -2.11. The lowest BCUT2D eigenvalue weighted by Gasteiger charge is -2.10. The van der Waals surface area contributed by atoms with Crippen LogP contribution in [0, 0.1) is 0 Å². The van der Waals surface area contributed by atoms with E-state index in [1.807, 2.05) is 37.1 Å². The normalized spacial score (nSPS) is 12.3. The molecule has 0 spiro atoms. The summed E-state index contributed by atoms with van der Waals surface area (Å²) in [5.74, 6) is 1.07. The molecule has 0 aliphatic carbocycles. The molecular formula is C16H20N2S. The molecule has 1 unspecified atom stereocenters. The van der Waals surface area contributed by atoms with Gasteiger partial charge in [-0.05, 0) is 50.2 Å². The first-order valence-corrected chi connectivity index (χ1v) is 7.58. The van der Waals surface area contributed by atoms with E-state index in [-0.39, 0.29) is 0 Å². The van der Waals surface area contributed by atoms with Crippen LogP contribution in [0.3, 0.4) is 0 Å². The SMILES string of the molecule is CNC(C)c1ccc(SCCc2ccccn2)cc1. The van der Waals surface area contributed by atoms with Crippen molar-refractivity contribution in [2.45, 2.75) is 24.3 Å². The Kier molecular flexibility index (Phi) is 5.43. The summed E-state index contributed by atoms with van der Waals surface area (Å²) in [6.45, 7) is 2.17. The standard InChI is InChI=1S/C16H20N2S/c1-13(17-2)14-6-8-16(9-7-14)19-12-10-15-5-3-4-11-18-15/h3-9,11,13,17H,10,12H2,1-2H3. The number of benzene rings is 1. The Morgan fingerprint density at radius 1 is 1.16 bits per heavy atom. The summed E-state index contributed by atoms with van der Waals surface area (Å²) in [5, 5.41) is 3.25. The number of pyridine rings is 1. The van der Waals surface area contributed by atoms with Gasteiger partial charge < -0.3 is 5.32 Å². The number of nitrogens with one attached hydrogen (secondary N) is 1. The van der Waals surface area contributed by atoms with Crippen molar-refractivity contribution in [2.24, 2.45) is 0 Å². The fourth-order valence-electron chi connectivity index (χ4n) is 1.84. The average molecular weight is 272 g/mol. The maximum atomic E-state index is 4.34. The monoisotopic (exact) mass is 272 g/mol. The number of thioether (sulfide) groups is 1. The van der Waals surface area contributed by atoms with E-state index in [2.05, 4.69) is 47.6 Å². The van der Waals surface area contributed by atoms with Crippen molar-refractivity contribution >= 4 is 11.8 Å². The van der Waals surface area contributed by atoms with Crippen LogP contribution in [-0.2, 0) is 6.42 Å². The summed E-state index contributed by atoms with van der Waals surface area (Å²) in [7, 11) is 1.99. The zero-order valence-electron chi connectivity index (χ0n) is 11.5. The van der Waals surface area contributed by atoms with Crippen LogP contribution >= 0.6 is 11.8 Å². The van der Waals surface area contributed by atoms with Crippen LogP contribution in [0.4, 0.5) is 0 Å². The highest BCUT2D eigenvalue weighted by atomic mass is 32.2. The lowest BCUT2D eigenvalue weighted by atomic mass is 10.1. The predicted octanol–water partition coefficient (Wildman–Crippen LogP) is 3.70. The third-order valence-electron chi connectivity index (χ3n) is 3.17. The van der Waals surface area contributed by atoms with E-state index in [0.717, 1.165) is 17.9 Å². The Hall–Kier alpha value is -1.32. The van der Waals surface area contributed by atoms with Gasteiger partial charge in [-0.15, -0.1) is 11.8 Å². The lowest BCUT2D eigenvalue weighted by molar-refractivity contribution is 0.652. The van der Waals surface area contributed by atoms with Gasteiger partial charge >= 0.3 is 0 Å². The highest BCUT2D eigenvalue weighted by molar-refractivity contribution is 7.99. The highest BCUT2D eigenvalue weighted by Gasteiger charge is 2.02. The van der Waals surface area contributed by atoms with Gasteiger partial charge in [-0.3, -0.25) is 4.98 Å². The van der Waals surface area contributed by atoms with Crippen molar-refractivity contribution < 1.29 is 0 Å². The highest BCUT2D eigenvalue weighted by Crippen LogP contribution is 2.21. The fraction of sp³-hybridized carbons (Fsp3) is 0.312. The van der Waals surface area contributed by atoms with Crippen LogP contribution < -0.4 is 5.32 Å². The van der Waals surface area contributed by atoms with Crippen molar-refractivity contribution in [3.8, 4) is 0 Å². The summed E-state index contributed by atoms with van der Waals surface area (Å²) >= 11 is 1.88. The van der Waals surface area contributed by atoms with Crippen LogP contribution in [0.25, 0.3) is 0 Å². The summed E-state index contributed by atoms with van der Waals surface area (Å²) in [6, 6.07) is 15.3. The smallest absolute Gasteiger partial charge is 0.0411 e. The topological polar surface area (TPSA) is 24.9 Å². The Morgan fingerprint density at radius 3 is 2.58 bits per heavy atom. The van der Waals surface area contributed by atoms with Crippen molar-refractivity contribution in [2.75, 3.05) is 12.8 Å². The van der Waals surface area contributed by atoms with Crippen molar-refractivity contribution in [3.05, 3.63) is 59.9 Å². The number of nitrogens with zero attached hydrogens (tertiary/aromatic N) is 1. The van der Waals surface area contributed by atoms with Crippen LogP contribution in [0.1, 0.15) is 24.2 Å². The molecule has 0 aliphatic heterocycles. The average Bonchev–Trinajstić information content (AvgIpc) is 2.48. The molecule has 3 heteroatoms. The first-order chi connectivity index (χ1) is 9.29. The molecule has 2 nitrogen and oxygen atoms in total. The van der Waals surface area contributed by atoms with E-state index in [1.165, 1.54) is 10.5 Å². The Balaban J connectivity index is 1.83. The van der Waals surface area contributed by atoms with Gasteiger partial charge in [0, 0.05) is 28.6 Å². The van der Waals surface area contributed by atoms with Crippen molar-refractivity contribution in [1.29, 1.82) is 0 Å². The van der Waals surface area contributed by atoms with E-state index < -0.39 is 0 Å². The molecule has 2 aromatic rings. The summed E-state index contributed by atoms with van der Waals surface area (Å²) < 4.78 is 0. The molecule has 19 heavy (non-hydrogen) atoms. The molecule has 1 aromatic carbocycles. The molecule has 1 aromatic heterocycles. The Morgan fingerprint density at radius 2 is 1.95 bits per heavy atom. The van der Waals surface area contributed by atoms with Gasteiger partial charge in [0.2, 0.25) is 0 Å². The zero-order chi connectivity index (χ0) is 13.5. The van der Waals surface area contributed by atoms with Gasteiger partial charge in [0.05, 0.1) is 0 Å². The van der Waals surface area contributed by atoms with Gasteiger partial charge in [0.15, 0.2) is 0 Å². The summed E-state index contributed by atoms with van der Waals surface area (Å²) in [5.41, 5.74) is 2.49. The molecule has 1 heterocycles. The molecule has 1 atom stereocenters. The molecule has 0 fully saturated rings. The molecule has 1 N–H and O–H groups in total. The molecule has 100 valence electrons. The van der Waals surface area contributed by atoms with Gasteiger partial charge in [0.1, 0.15) is 0 Å². The number of rotatable bonds is 6. The zero-order valence-corrected chi connectivity index (χ0v) is 12.3. The van der Waals surface area contributed by atoms with E-state index in [4.69, 9.17) is 0 Å². The Labute approximate surface area is 119 Å². The van der Waals surface area contributed by atoms with Gasteiger partial charge in [-0.25, -0.2) is 0 Å². The van der Waals surface area contributed by atoms with E-state index in [1.54, 1.807) is 0 Å². The predicted molar refractivity (Wildman–Crippen MR) is 82.6 cm³/mol. The molecule has 0 saturated carbocycles. The maximum Gasteiger partial charge on any atom is 0.0411 e. The number of aromatic nitrogens is 1. The van der Waals surface area contributed by atoms with E-state index >= 15 is 0 Å². The molecular weight excluding hydrogens is 252 g/mol. The fourth-order valence-corrected chi connectivity index (χ4v) is 2.71. The summed E-state index contributed by atoms with van der Waals surface area (Å²) in [4.78, 5) is 5.66. The number of aryl methyl sites for hydroxylation is 1. The molecule has 0 bridgehead atoms. The minimum absolute atomic E-state index is 0.410. The minimum Gasteiger partial charge on any atom is -0.313 e. The van der Waals surface area contributed by atoms with Gasteiger partial charge in [-0.2, -0.15) is 0 Å². The molecule has 0 saturated heterocycles. The second-order valence-corrected chi connectivity index (χ2v) is 5.67. The first kappa shape index (κ1) is 14.1. The second kappa shape index (κ2) is 7.31. The molecule has 2 rings (SSSR count). The van der Waals surface area contributed by atoms with E-state index in [0.29, 0.717) is 6.04 Å². The minimum atomic E-state index is 0.410. The van der Waals surface area contributed by atoms with Crippen LogP contribution in [0.2, 0.25) is 0 Å². The maximum absolute atomic E-state index is 4.34. The van der Waals surface area contributed by atoms with Gasteiger partial charge in [0.25, 0.3) is 0 Å². The van der Waals surface area contributed by atoms with Crippen molar-refractivity contribution in [1.82, 2.24) is 10.3 Å². The van der Waals surface area contributed by atoms with Crippen LogP contribution in [0.15, 0.2) is 53.6 Å².